The van der Waals surface area contributed by atoms with Crippen molar-refractivity contribution in [2.24, 2.45) is 5.92 Å². The third kappa shape index (κ3) is 6.99. The highest BCUT2D eigenvalue weighted by atomic mass is 16.4. The second kappa shape index (κ2) is 12.8. The second-order valence-corrected chi connectivity index (χ2v) is 10.8. The van der Waals surface area contributed by atoms with Gasteiger partial charge in [0.25, 0.3) is 0 Å². The number of fused-ring (bicyclic) bond motifs is 1. The average Bonchev–Trinajstić information content (AvgIpc) is 3.42. The Balaban J connectivity index is 1.61. The number of aromatic amines is 2. The van der Waals surface area contributed by atoms with Gasteiger partial charge in [0, 0.05) is 42.3 Å². The SMILES string of the molecule is CCc1[nH]c([C@@H](Cc2c[nH]c3ccccc23)NC(=O)[C@H](CC(C)C)NC(=O)N2CCCCCC2)nc1C(=O)O. The van der Waals surface area contributed by atoms with Gasteiger partial charge in [-0.05, 0) is 43.2 Å². The van der Waals surface area contributed by atoms with Gasteiger partial charge < -0.3 is 30.6 Å². The number of aromatic carboxylic acids is 1. The number of urea groups is 1. The number of para-hydroxylation sites is 1. The summed E-state index contributed by atoms with van der Waals surface area (Å²) in [5.41, 5.74) is 2.40. The first-order valence-corrected chi connectivity index (χ1v) is 14.0. The number of nitrogens with zero attached hydrogens (tertiary/aromatic N) is 2. The molecule has 1 saturated heterocycles. The van der Waals surface area contributed by atoms with Gasteiger partial charge in [-0.3, -0.25) is 4.79 Å². The van der Waals surface area contributed by atoms with E-state index in [1.165, 1.54) is 0 Å². The Kier molecular flexibility index (Phi) is 9.27. The highest BCUT2D eigenvalue weighted by Crippen LogP contribution is 2.25. The van der Waals surface area contributed by atoms with Gasteiger partial charge in [0.05, 0.1) is 6.04 Å². The van der Waals surface area contributed by atoms with E-state index in [0.29, 0.717) is 43.9 Å². The third-order valence-corrected chi connectivity index (χ3v) is 7.31. The zero-order valence-corrected chi connectivity index (χ0v) is 23.0. The first-order chi connectivity index (χ1) is 18.8. The summed E-state index contributed by atoms with van der Waals surface area (Å²) in [5.74, 6) is -0.881. The van der Waals surface area contributed by atoms with Crippen LogP contribution in [0.1, 0.15) is 86.5 Å². The van der Waals surface area contributed by atoms with Gasteiger partial charge in [0.1, 0.15) is 11.9 Å². The number of likely N-dealkylation sites (tertiary alicyclic amines) is 1. The zero-order chi connectivity index (χ0) is 27.9. The second-order valence-electron chi connectivity index (χ2n) is 10.8. The highest BCUT2D eigenvalue weighted by molar-refractivity contribution is 5.88. The summed E-state index contributed by atoms with van der Waals surface area (Å²) in [6.07, 6.45) is 7.37. The molecule has 10 heteroatoms. The van der Waals surface area contributed by atoms with Gasteiger partial charge in [-0.1, -0.05) is 51.8 Å². The van der Waals surface area contributed by atoms with Crippen LogP contribution in [0.4, 0.5) is 4.79 Å². The van der Waals surface area contributed by atoms with E-state index >= 15 is 0 Å². The maximum absolute atomic E-state index is 13.7. The van der Waals surface area contributed by atoms with Crippen molar-refractivity contribution in [2.45, 2.75) is 77.8 Å². The predicted octanol–water partition coefficient (Wildman–Crippen LogP) is 4.55. The molecule has 0 unspecified atom stereocenters. The summed E-state index contributed by atoms with van der Waals surface area (Å²) < 4.78 is 0. The molecule has 0 saturated carbocycles. The number of carbonyl (C=O) groups excluding carboxylic acids is 2. The normalized spacial score (nSPS) is 15.6. The number of rotatable bonds is 10. The van der Waals surface area contributed by atoms with Crippen molar-refractivity contribution in [3.05, 3.63) is 53.2 Å². The molecule has 39 heavy (non-hydrogen) atoms. The molecule has 0 spiro atoms. The van der Waals surface area contributed by atoms with Crippen LogP contribution in [0, 0.1) is 5.92 Å². The fourth-order valence-corrected chi connectivity index (χ4v) is 5.25. The number of nitrogens with one attached hydrogen (secondary N) is 4. The van der Waals surface area contributed by atoms with Gasteiger partial charge in [0.15, 0.2) is 5.69 Å². The number of H-pyrrole nitrogens is 2. The van der Waals surface area contributed by atoms with E-state index in [1.54, 1.807) is 4.90 Å². The van der Waals surface area contributed by atoms with E-state index in [4.69, 9.17) is 0 Å². The molecular weight excluding hydrogens is 496 g/mol. The summed E-state index contributed by atoms with van der Waals surface area (Å²) in [4.78, 5) is 51.3. The molecule has 5 N–H and O–H groups in total. The van der Waals surface area contributed by atoms with Crippen LogP contribution in [0.5, 0.6) is 0 Å². The van der Waals surface area contributed by atoms with Crippen LogP contribution in [-0.2, 0) is 17.6 Å². The largest absolute Gasteiger partial charge is 0.476 e. The molecule has 0 radical (unpaired) electrons. The maximum atomic E-state index is 13.7. The minimum absolute atomic E-state index is 0.0427. The van der Waals surface area contributed by atoms with Crippen LogP contribution in [0.15, 0.2) is 30.5 Å². The lowest BCUT2D eigenvalue weighted by atomic mass is 10.0. The quantitative estimate of drug-likeness (QED) is 0.258. The van der Waals surface area contributed by atoms with Gasteiger partial charge in [-0.2, -0.15) is 0 Å². The lowest BCUT2D eigenvalue weighted by Gasteiger charge is -2.27. The number of carbonyl (C=O) groups is 3. The number of amides is 3. The maximum Gasteiger partial charge on any atom is 0.356 e. The number of carboxylic acids is 1. The van der Waals surface area contributed by atoms with Crippen LogP contribution in [0.25, 0.3) is 10.9 Å². The lowest BCUT2D eigenvalue weighted by Crippen LogP contribution is -2.52. The van der Waals surface area contributed by atoms with Crippen LogP contribution < -0.4 is 10.6 Å². The van der Waals surface area contributed by atoms with Gasteiger partial charge in [-0.25, -0.2) is 14.6 Å². The van der Waals surface area contributed by atoms with Crippen LogP contribution in [0.2, 0.25) is 0 Å². The van der Waals surface area contributed by atoms with Crippen molar-refractivity contribution in [2.75, 3.05) is 13.1 Å². The molecule has 1 fully saturated rings. The van der Waals surface area contributed by atoms with Crippen molar-refractivity contribution in [1.29, 1.82) is 0 Å². The first-order valence-electron chi connectivity index (χ1n) is 14.0. The highest BCUT2D eigenvalue weighted by Gasteiger charge is 2.29. The topological polar surface area (TPSA) is 143 Å². The number of hydrogen-bond acceptors (Lipinski definition) is 4. The van der Waals surface area contributed by atoms with Crippen molar-refractivity contribution in [1.82, 2.24) is 30.5 Å². The summed E-state index contributed by atoms with van der Waals surface area (Å²) in [7, 11) is 0. The number of aromatic nitrogens is 3. The number of hydrogen-bond donors (Lipinski definition) is 5. The number of benzene rings is 1. The van der Waals surface area contributed by atoms with Crippen molar-refractivity contribution in [3.63, 3.8) is 0 Å². The number of aryl methyl sites for hydroxylation is 1. The van der Waals surface area contributed by atoms with Crippen LogP contribution in [0.3, 0.4) is 0 Å². The predicted molar refractivity (Wildman–Crippen MR) is 150 cm³/mol. The lowest BCUT2D eigenvalue weighted by molar-refractivity contribution is -0.124. The molecule has 4 rings (SSSR count). The Morgan fingerprint density at radius 2 is 1.79 bits per heavy atom. The molecule has 2 aromatic heterocycles. The Hall–Kier alpha value is -3.82. The van der Waals surface area contributed by atoms with Crippen molar-refractivity contribution < 1.29 is 19.5 Å². The van der Waals surface area contributed by atoms with E-state index in [1.807, 2.05) is 51.2 Å². The first kappa shape index (κ1) is 28.2. The average molecular weight is 537 g/mol. The summed E-state index contributed by atoms with van der Waals surface area (Å²) in [5, 5.41) is 16.8. The summed E-state index contributed by atoms with van der Waals surface area (Å²) in [6.45, 7) is 7.26. The van der Waals surface area contributed by atoms with E-state index in [2.05, 4.69) is 25.6 Å². The van der Waals surface area contributed by atoms with E-state index in [-0.39, 0.29) is 23.6 Å². The molecule has 210 valence electrons. The van der Waals surface area contributed by atoms with Gasteiger partial charge >= 0.3 is 12.0 Å². The van der Waals surface area contributed by atoms with Crippen molar-refractivity contribution >= 4 is 28.8 Å². The minimum atomic E-state index is -1.12. The Morgan fingerprint density at radius 3 is 2.44 bits per heavy atom. The number of imidazole rings is 1. The third-order valence-electron chi connectivity index (χ3n) is 7.31. The van der Waals surface area contributed by atoms with E-state index in [9.17, 15) is 19.5 Å². The monoisotopic (exact) mass is 536 g/mol. The molecule has 1 aliphatic heterocycles. The molecule has 0 bridgehead atoms. The molecule has 3 aromatic rings. The zero-order valence-electron chi connectivity index (χ0n) is 23.0. The minimum Gasteiger partial charge on any atom is -0.476 e. The molecule has 3 heterocycles. The Bertz CT molecular complexity index is 1290. The van der Waals surface area contributed by atoms with Crippen molar-refractivity contribution in [3.8, 4) is 0 Å². The molecule has 0 aliphatic carbocycles. The van der Waals surface area contributed by atoms with E-state index < -0.39 is 18.1 Å². The van der Waals surface area contributed by atoms with E-state index in [0.717, 1.165) is 42.1 Å². The smallest absolute Gasteiger partial charge is 0.356 e. The molecule has 3 amide bonds. The number of carboxylic acid groups (broad SMARTS) is 1. The molecule has 2 atom stereocenters. The molecule has 1 aliphatic rings. The molecule has 10 nitrogen and oxygen atoms in total. The summed E-state index contributed by atoms with van der Waals surface area (Å²) in [6, 6.07) is 6.31. The molecule has 1 aromatic carbocycles. The fourth-order valence-electron chi connectivity index (χ4n) is 5.25. The summed E-state index contributed by atoms with van der Waals surface area (Å²) >= 11 is 0. The molecular formula is C29H40N6O4. The van der Waals surface area contributed by atoms with Crippen LogP contribution in [-0.4, -0.2) is 62.0 Å². The van der Waals surface area contributed by atoms with Gasteiger partial charge in [0.2, 0.25) is 5.91 Å². The van der Waals surface area contributed by atoms with Crippen LogP contribution >= 0.6 is 0 Å². The standard InChI is InChI=1S/C29H40N6O4/c1-4-21-25(28(37)38)34-26(31-21)23(16-19-17-30-22-12-8-7-11-20(19)22)32-27(36)24(15-18(2)3)33-29(39)35-13-9-5-6-10-14-35/h7-8,11-12,17-18,23-24,30H,4-6,9-10,13-16H2,1-3H3,(H,31,34)(H,32,36)(H,33,39)(H,37,38)/t23-,24+/m1/s1. The fraction of sp³-hybridized carbons (Fsp3) is 0.517. The van der Waals surface area contributed by atoms with Gasteiger partial charge in [-0.15, -0.1) is 0 Å². The Labute approximate surface area is 229 Å². The Morgan fingerprint density at radius 1 is 1.08 bits per heavy atom.